The molecule has 0 atom stereocenters. The first-order valence-electron chi connectivity index (χ1n) is 9.32. The van der Waals surface area contributed by atoms with E-state index in [1.165, 1.54) is 0 Å². The zero-order valence-corrected chi connectivity index (χ0v) is 17.0. The van der Waals surface area contributed by atoms with Crippen molar-refractivity contribution in [2.45, 2.75) is 0 Å². The third kappa shape index (κ3) is 3.37. The van der Waals surface area contributed by atoms with E-state index in [1.54, 1.807) is 6.07 Å². The van der Waals surface area contributed by atoms with E-state index in [1.807, 2.05) is 66.7 Å². The Bertz CT molecular complexity index is 1110. The Hall–Kier alpha value is -3.78. The molecule has 0 aromatic heterocycles. The van der Waals surface area contributed by atoms with Crippen molar-refractivity contribution in [1.29, 1.82) is 10.5 Å². The van der Waals surface area contributed by atoms with Crippen molar-refractivity contribution < 1.29 is 4.70 Å². The lowest BCUT2D eigenvalue weighted by molar-refractivity contribution is -0.00000599. The second kappa shape index (κ2) is 9.15. The highest BCUT2D eigenvalue weighted by atomic mass is 31.2. The Morgan fingerprint density at radius 2 is 0.933 bits per heavy atom. The minimum absolute atomic E-state index is 0. The second-order valence-electron chi connectivity index (χ2n) is 6.60. The lowest BCUT2D eigenvalue weighted by atomic mass is 10.1. The van der Waals surface area contributed by atoms with Crippen LogP contribution in [0.15, 0.2) is 109 Å². The van der Waals surface area contributed by atoms with E-state index in [-0.39, 0.29) is 4.70 Å². The summed E-state index contributed by atoms with van der Waals surface area (Å²) >= 11 is 0. The number of rotatable bonds is 4. The van der Waals surface area contributed by atoms with Gasteiger partial charge in [0.15, 0.2) is 0 Å². The van der Waals surface area contributed by atoms with E-state index >= 15 is 0 Å². The van der Waals surface area contributed by atoms with E-state index < -0.39 is 7.26 Å². The van der Waals surface area contributed by atoms with Crippen LogP contribution in [0, 0.1) is 22.7 Å². The molecule has 144 valence electrons. The number of nitriles is 2. The fraction of sp³-hybridized carbons (Fsp3) is 0. The van der Waals surface area contributed by atoms with Crippen LogP contribution in [-0.2, 0) is 0 Å². The summed E-state index contributed by atoms with van der Waals surface area (Å²) in [5.41, 5.74) is 0.872. The van der Waals surface area contributed by atoms with Gasteiger partial charge in [0.05, 0.1) is 5.56 Å². The van der Waals surface area contributed by atoms with Crippen LogP contribution in [0.3, 0.4) is 0 Å². The Labute approximate surface area is 176 Å². The number of halogens is 1. The van der Waals surface area contributed by atoms with Crippen LogP contribution in [-0.4, -0.2) is 0 Å². The van der Waals surface area contributed by atoms with E-state index in [9.17, 15) is 10.5 Å². The predicted octanol–water partition coefficient (Wildman–Crippen LogP) is 1.05. The van der Waals surface area contributed by atoms with Crippen molar-refractivity contribution in [3.8, 4) is 12.1 Å². The summed E-state index contributed by atoms with van der Waals surface area (Å²) in [5, 5.41) is 24.1. The molecular weight excluding hydrogens is 390 g/mol. The highest BCUT2D eigenvalue weighted by molar-refractivity contribution is 8.01. The average molecular weight is 408 g/mol. The molecule has 4 rings (SSSR count). The Balaban J connectivity index is 0.00000256. The van der Waals surface area contributed by atoms with Crippen LogP contribution in [0.5, 0.6) is 0 Å². The monoisotopic (exact) mass is 408 g/mol. The maximum Gasteiger partial charge on any atom is 0.145 e. The van der Waals surface area contributed by atoms with Crippen molar-refractivity contribution in [1.82, 2.24) is 0 Å². The van der Waals surface area contributed by atoms with Gasteiger partial charge in [-0.1, -0.05) is 60.7 Å². The molecule has 0 aliphatic rings. The summed E-state index contributed by atoms with van der Waals surface area (Å²) in [7, 11) is -2.37. The maximum absolute atomic E-state index is 10.1. The molecule has 0 aliphatic heterocycles. The van der Waals surface area contributed by atoms with Crippen LogP contribution < -0.4 is 25.9 Å². The lowest BCUT2D eigenvalue weighted by Crippen LogP contribution is -3.00. The van der Waals surface area contributed by atoms with Crippen LogP contribution in [0.2, 0.25) is 0 Å². The van der Waals surface area contributed by atoms with E-state index in [2.05, 4.69) is 48.5 Å². The van der Waals surface area contributed by atoms with Gasteiger partial charge in [-0.3, -0.25) is 0 Å². The summed E-state index contributed by atoms with van der Waals surface area (Å²) < 4.78 is 0. The summed E-state index contributed by atoms with van der Waals surface area (Å²) in [6, 6.07) is 41.2. The van der Waals surface area contributed by atoms with Gasteiger partial charge in [-0.15, -0.1) is 0 Å². The third-order valence-electron chi connectivity index (χ3n) is 5.07. The second-order valence-corrected chi connectivity index (χ2v) is 9.97. The molecule has 4 aromatic carbocycles. The fourth-order valence-electron chi connectivity index (χ4n) is 3.85. The minimum Gasteiger partial charge on any atom is -1.00 e. The molecule has 0 aliphatic carbocycles. The molecule has 0 bridgehead atoms. The molecule has 0 fully saturated rings. The quantitative estimate of drug-likeness (QED) is 0.474. The average Bonchev–Trinajstić information content (AvgIpc) is 2.81. The molecule has 0 amide bonds. The predicted molar refractivity (Wildman–Crippen MR) is 121 cm³/mol. The molecule has 30 heavy (non-hydrogen) atoms. The zero-order chi connectivity index (χ0) is 20.1. The van der Waals surface area contributed by atoms with E-state index in [0.717, 1.165) is 21.2 Å². The number of benzene rings is 4. The highest BCUT2D eigenvalue weighted by Gasteiger charge is 2.49. The zero-order valence-electron chi connectivity index (χ0n) is 16.1. The van der Waals surface area contributed by atoms with Crippen molar-refractivity contribution in [2.75, 3.05) is 0 Å². The van der Waals surface area contributed by atoms with Crippen molar-refractivity contribution >= 4 is 28.5 Å². The molecule has 0 unspecified atom stereocenters. The van der Waals surface area contributed by atoms with E-state index in [0.29, 0.717) is 11.1 Å². The van der Waals surface area contributed by atoms with Gasteiger partial charge in [0.2, 0.25) is 0 Å². The Kier molecular flexibility index (Phi) is 6.38. The Morgan fingerprint density at radius 1 is 0.500 bits per heavy atom. The lowest BCUT2D eigenvalue weighted by Gasteiger charge is -2.28. The van der Waals surface area contributed by atoms with Gasteiger partial charge < -0.3 is 4.70 Å². The molecule has 4 heteroatoms. The van der Waals surface area contributed by atoms with E-state index in [4.69, 9.17) is 0 Å². The van der Waals surface area contributed by atoms with Crippen LogP contribution in [0.4, 0.5) is 0 Å². The van der Waals surface area contributed by atoms with Crippen LogP contribution in [0.25, 0.3) is 0 Å². The summed E-state index contributed by atoms with van der Waals surface area (Å²) in [6.45, 7) is 0. The van der Waals surface area contributed by atoms with Gasteiger partial charge in [-0.25, -0.2) is 0 Å². The number of nitrogens with zero attached hydrogens (tertiary/aromatic N) is 2. The number of hydrogen-bond acceptors (Lipinski definition) is 2. The summed E-state index contributed by atoms with van der Waals surface area (Å²) in [5.74, 6) is 0. The SMILES string of the molecule is N#Cc1cccc([P+](c2ccccc2)(c2ccccc2)c2ccccc2)c1C#N.[F-]. The van der Waals surface area contributed by atoms with Gasteiger partial charge in [0.1, 0.15) is 46.2 Å². The molecule has 0 saturated heterocycles. The standard InChI is InChI=1S/C26H18N2P.FH/c27-19-21-11-10-18-26(25(21)20-28)29(22-12-4-1-5-13-22,23-14-6-2-7-15-23)24-16-8-3-9-17-24;/h1-18H;1H/q+1;/p-1. The summed E-state index contributed by atoms with van der Waals surface area (Å²) in [6.07, 6.45) is 0. The largest absolute Gasteiger partial charge is 1.00 e. The highest BCUT2D eigenvalue weighted by Crippen LogP contribution is 2.55. The van der Waals surface area contributed by atoms with Crippen LogP contribution >= 0.6 is 7.26 Å². The topological polar surface area (TPSA) is 47.6 Å². The smallest absolute Gasteiger partial charge is 0.145 e. The normalized spacial score (nSPS) is 10.3. The molecule has 0 N–H and O–H groups in total. The maximum atomic E-state index is 10.1. The van der Waals surface area contributed by atoms with Crippen molar-refractivity contribution in [3.63, 3.8) is 0 Å². The number of hydrogen-bond donors (Lipinski definition) is 0. The molecule has 0 spiro atoms. The Morgan fingerprint density at radius 3 is 1.30 bits per heavy atom. The van der Waals surface area contributed by atoms with Crippen LogP contribution in [0.1, 0.15) is 11.1 Å². The molecule has 4 aromatic rings. The molecule has 0 heterocycles. The van der Waals surface area contributed by atoms with Crippen molar-refractivity contribution in [3.05, 3.63) is 120 Å². The van der Waals surface area contributed by atoms with Gasteiger partial charge in [-0.2, -0.15) is 10.5 Å². The van der Waals surface area contributed by atoms with Gasteiger partial charge in [0, 0.05) is 0 Å². The van der Waals surface area contributed by atoms with Gasteiger partial charge in [-0.05, 0) is 48.5 Å². The molecule has 0 saturated carbocycles. The minimum atomic E-state index is -2.37. The van der Waals surface area contributed by atoms with Gasteiger partial charge >= 0.3 is 0 Å². The first-order valence-corrected chi connectivity index (χ1v) is 11.1. The third-order valence-corrected chi connectivity index (χ3v) is 9.38. The summed E-state index contributed by atoms with van der Waals surface area (Å²) in [4.78, 5) is 0. The molecule has 0 radical (unpaired) electrons. The fourth-order valence-corrected chi connectivity index (χ4v) is 8.25. The molecular formula is C26H18FN2P. The first kappa shape index (κ1) is 20.9. The molecule has 2 nitrogen and oxygen atoms in total. The van der Waals surface area contributed by atoms with Crippen molar-refractivity contribution in [2.24, 2.45) is 0 Å². The van der Waals surface area contributed by atoms with Gasteiger partial charge in [0.25, 0.3) is 0 Å². The first-order chi connectivity index (χ1) is 14.3.